The van der Waals surface area contributed by atoms with Crippen LogP contribution in [0.25, 0.3) is 0 Å². The Morgan fingerprint density at radius 2 is 2.00 bits per heavy atom. The molecular formula is C15H14F3N3O3S. The van der Waals surface area contributed by atoms with Crippen LogP contribution in [0.15, 0.2) is 34.4 Å². The molecule has 0 radical (unpaired) electrons. The highest BCUT2D eigenvalue weighted by Gasteiger charge is 2.27. The van der Waals surface area contributed by atoms with E-state index in [0.717, 1.165) is 11.3 Å². The van der Waals surface area contributed by atoms with Crippen molar-refractivity contribution in [1.82, 2.24) is 9.88 Å². The van der Waals surface area contributed by atoms with Gasteiger partial charge in [-0.15, -0.1) is 0 Å². The maximum absolute atomic E-state index is 12.1. The number of aromatic nitrogens is 1. The zero-order valence-corrected chi connectivity index (χ0v) is 13.8. The van der Waals surface area contributed by atoms with Crippen molar-refractivity contribution in [3.05, 3.63) is 50.6 Å². The molecule has 0 aliphatic carbocycles. The lowest BCUT2D eigenvalue weighted by Gasteiger charge is -2.10. The predicted molar refractivity (Wildman–Crippen MR) is 86.8 cm³/mol. The lowest BCUT2D eigenvalue weighted by Crippen LogP contribution is -2.33. The standard InChI is InChI=1S/C15H14F3N3O3S/c1-9-7-25-14(24)21(9)6-12(22)20-11-4-2-3-10(5-11)13(23)19-8-15(16,17)18/h2-5,7H,6,8H2,1H3,(H,19,23)(H,20,22). The highest BCUT2D eigenvalue weighted by atomic mass is 32.1. The number of benzene rings is 1. The smallest absolute Gasteiger partial charge is 0.343 e. The van der Waals surface area contributed by atoms with Crippen molar-refractivity contribution < 1.29 is 22.8 Å². The molecule has 0 atom stereocenters. The zero-order chi connectivity index (χ0) is 18.6. The molecule has 0 aliphatic rings. The van der Waals surface area contributed by atoms with Gasteiger partial charge in [-0.2, -0.15) is 13.2 Å². The monoisotopic (exact) mass is 373 g/mol. The summed E-state index contributed by atoms with van der Waals surface area (Å²) >= 11 is 0.976. The number of carbonyl (C=O) groups is 2. The molecule has 0 spiro atoms. The summed E-state index contributed by atoms with van der Waals surface area (Å²) in [5.74, 6) is -1.39. The Balaban J connectivity index is 2.02. The third kappa shape index (κ3) is 5.45. The fourth-order valence-corrected chi connectivity index (χ4v) is 2.70. The highest BCUT2D eigenvalue weighted by molar-refractivity contribution is 7.07. The van der Waals surface area contributed by atoms with E-state index in [9.17, 15) is 27.6 Å². The first-order chi connectivity index (χ1) is 11.7. The molecule has 10 heteroatoms. The molecule has 1 aromatic heterocycles. The Bertz CT molecular complexity index is 842. The molecule has 2 amide bonds. The van der Waals surface area contributed by atoms with Crippen molar-refractivity contribution in [2.45, 2.75) is 19.6 Å². The number of halogens is 3. The lowest BCUT2D eigenvalue weighted by atomic mass is 10.2. The predicted octanol–water partition coefficient (Wildman–Crippen LogP) is 2.15. The summed E-state index contributed by atoms with van der Waals surface area (Å²) in [6.07, 6.45) is -4.51. The van der Waals surface area contributed by atoms with E-state index >= 15 is 0 Å². The van der Waals surface area contributed by atoms with Crippen LogP contribution in [0.1, 0.15) is 16.1 Å². The number of hydrogen-bond donors (Lipinski definition) is 2. The number of alkyl halides is 3. The summed E-state index contributed by atoms with van der Waals surface area (Å²) < 4.78 is 37.7. The van der Waals surface area contributed by atoms with Crippen molar-refractivity contribution in [2.75, 3.05) is 11.9 Å². The van der Waals surface area contributed by atoms with Crippen LogP contribution in [0, 0.1) is 6.92 Å². The Hall–Kier alpha value is -2.62. The minimum atomic E-state index is -4.51. The first-order valence-electron chi connectivity index (χ1n) is 7.05. The van der Waals surface area contributed by atoms with E-state index in [-0.39, 0.29) is 22.7 Å². The summed E-state index contributed by atoms with van der Waals surface area (Å²) in [5, 5.41) is 5.88. The fourth-order valence-electron chi connectivity index (χ4n) is 1.96. The summed E-state index contributed by atoms with van der Waals surface area (Å²) in [6.45, 7) is 0.0538. The Kier molecular flexibility index (Phi) is 5.62. The minimum absolute atomic E-state index is 0.0223. The molecule has 0 fully saturated rings. The highest BCUT2D eigenvalue weighted by Crippen LogP contribution is 2.14. The van der Waals surface area contributed by atoms with Gasteiger partial charge in [-0.25, -0.2) is 0 Å². The number of amides is 2. The van der Waals surface area contributed by atoms with Crippen LogP contribution in [-0.2, 0) is 11.3 Å². The van der Waals surface area contributed by atoms with Crippen LogP contribution in [0.4, 0.5) is 18.9 Å². The van der Waals surface area contributed by atoms with E-state index in [1.165, 1.54) is 28.8 Å². The second-order valence-corrected chi connectivity index (χ2v) is 5.98. The second kappa shape index (κ2) is 7.51. The molecule has 0 saturated carbocycles. The van der Waals surface area contributed by atoms with Crippen LogP contribution >= 0.6 is 11.3 Å². The van der Waals surface area contributed by atoms with Gasteiger partial charge in [0, 0.05) is 22.3 Å². The topological polar surface area (TPSA) is 80.2 Å². The van der Waals surface area contributed by atoms with Crippen molar-refractivity contribution in [2.24, 2.45) is 0 Å². The molecule has 0 bridgehead atoms. The number of carbonyl (C=O) groups excluding carboxylic acids is 2. The number of nitrogens with zero attached hydrogens (tertiary/aromatic N) is 1. The molecule has 1 aromatic carbocycles. The molecule has 2 N–H and O–H groups in total. The molecule has 0 aliphatic heterocycles. The average Bonchev–Trinajstić information content (AvgIpc) is 2.84. The number of aryl methyl sites for hydroxylation is 1. The van der Waals surface area contributed by atoms with Crippen molar-refractivity contribution >= 4 is 28.8 Å². The molecule has 25 heavy (non-hydrogen) atoms. The zero-order valence-electron chi connectivity index (χ0n) is 13.0. The van der Waals surface area contributed by atoms with Crippen LogP contribution in [0.5, 0.6) is 0 Å². The van der Waals surface area contributed by atoms with Gasteiger partial charge in [-0.05, 0) is 25.1 Å². The first kappa shape index (κ1) is 18.7. The molecule has 0 saturated heterocycles. The van der Waals surface area contributed by atoms with Crippen LogP contribution < -0.4 is 15.5 Å². The quantitative estimate of drug-likeness (QED) is 0.843. The van der Waals surface area contributed by atoms with E-state index in [2.05, 4.69) is 5.32 Å². The normalized spacial score (nSPS) is 11.2. The number of thiazole rings is 1. The summed E-state index contributed by atoms with van der Waals surface area (Å²) in [6, 6.07) is 5.50. The van der Waals surface area contributed by atoms with Gasteiger partial charge in [0.05, 0.1) is 0 Å². The summed E-state index contributed by atoms with van der Waals surface area (Å²) in [4.78, 5) is 35.0. The summed E-state index contributed by atoms with van der Waals surface area (Å²) in [7, 11) is 0. The van der Waals surface area contributed by atoms with Crippen LogP contribution in [-0.4, -0.2) is 29.1 Å². The number of rotatable bonds is 5. The molecule has 6 nitrogen and oxygen atoms in total. The lowest BCUT2D eigenvalue weighted by molar-refractivity contribution is -0.123. The molecule has 2 rings (SSSR count). The second-order valence-electron chi connectivity index (χ2n) is 5.16. The molecule has 1 heterocycles. The number of hydrogen-bond acceptors (Lipinski definition) is 4. The average molecular weight is 373 g/mol. The van der Waals surface area contributed by atoms with E-state index in [1.807, 2.05) is 0 Å². The number of anilines is 1. The van der Waals surface area contributed by atoms with Gasteiger partial charge >= 0.3 is 11.0 Å². The summed E-state index contributed by atoms with van der Waals surface area (Å²) in [5.41, 5.74) is 0.863. The maximum Gasteiger partial charge on any atom is 0.405 e. The number of nitrogens with one attached hydrogen (secondary N) is 2. The van der Waals surface area contributed by atoms with Gasteiger partial charge < -0.3 is 10.6 Å². The van der Waals surface area contributed by atoms with Crippen molar-refractivity contribution in [3.8, 4) is 0 Å². The SMILES string of the molecule is Cc1csc(=O)n1CC(=O)Nc1cccc(C(=O)NCC(F)(F)F)c1. The fraction of sp³-hybridized carbons (Fsp3) is 0.267. The Morgan fingerprint density at radius 1 is 1.28 bits per heavy atom. The van der Waals surface area contributed by atoms with Gasteiger partial charge in [0.2, 0.25) is 5.91 Å². The van der Waals surface area contributed by atoms with Crippen LogP contribution in [0.2, 0.25) is 0 Å². The van der Waals surface area contributed by atoms with E-state index < -0.39 is 24.5 Å². The third-order valence-electron chi connectivity index (χ3n) is 3.14. The first-order valence-corrected chi connectivity index (χ1v) is 7.93. The minimum Gasteiger partial charge on any atom is -0.343 e. The van der Waals surface area contributed by atoms with Gasteiger partial charge in [-0.1, -0.05) is 17.4 Å². The van der Waals surface area contributed by atoms with Gasteiger partial charge in [0.1, 0.15) is 13.1 Å². The molecule has 134 valence electrons. The van der Waals surface area contributed by atoms with E-state index in [0.29, 0.717) is 5.69 Å². The van der Waals surface area contributed by atoms with E-state index in [4.69, 9.17) is 0 Å². The maximum atomic E-state index is 12.1. The molecular weight excluding hydrogens is 359 g/mol. The van der Waals surface area contributed by atoms with Gasteiger partial charge in [0.15, 0.2) is 0 Å². The van der Waals surface area contributed by atoms with Crippen molar-refractivity contribution in [3.63, 3.8) is 0 Å². The van der Waals surface area contributed by atoms with Crippen molar-refractivity contribution in [1.29, 1.82) is 0 Å². The Labute approximate surface area is 144 Å². The third-order valence-corrected chi connectivity index (χ3v) is 4.02. The largest absolute Gasteiger partial charge is 0.405 e. The molecule has 0 unspecified atom stereocenters. The molecule has 2 aromatic rings. The van der Waals surface area contributed by atoms with E-state index in [1.54, 1.807) is 17.6 Å². The Morgan fingerprint density at radius 3 is 2.60 bits per heavy atom. The van der Waals surface area contributed by atoms with Gasteiger partial charge in [0.25, 0.3) is 5.91 Å². The van der Waals surface area contributed by atoms with Gasteiger partial charge in [-0.3, -0.25) is 19.0 Å². The van der Waals surface area contributed by atoms with Crippen LogP contribution in [0.3, 0.4) is 0 Å².